The molecule has 0 amide bonds. The lowest BCUT2D eigenvalue weighted by Gasteiger charge is -2.11. The monoisotopic (exact) mass is 388 g/mol. The zero-order valence-corrected chi connectivity index (χ0v) is 16.6. The van der Waals surface area contributed by atoms with Crippen LogP contribution in [0.1, 0.15) is 62.2 Å². The van der Waals surface area contributed by atoms with E-state index in [0.29, 0.717) is 20.9 Å². The van der Waals surface area contributed by atoms with Gasteiger partial charge in [0.2, 0.25) is 0 Å². The predicted molar refractivity (Wildman–Crippen MR) is 105 cm³/mol. The molecule has 7 heteroatoms. The summed E-state index contributed by atoms with van der Waals surface area (Å²) < 4.78 is 5.58. The molecule has 0 saturated heterocycles. The summed E-state index contributed by atoms with van der Waals surface area (Å²) in [5, 5.41) is 0.626. The second-order valence-electron chi connectivity index (χ2n) is 6.73. The molecule has 0 saturated carbocycles. The molecule has 0 fully saturated rings. The maximum atomic E-state index is 12.5. The third-order valence-electron chi connectivity index (χ3n) is 4.92. The third kappa shape index (κ3) is 2.99. The van der Waals surface area contributed by atoms with Crippen LogP contribution in [0.4, 0.5) is 0 Å². The zero-order valence-electron chi connectivity index (χ0n) is 15.0. The van der Waals surface area contributed by atoms with E-state index >= 15 is 0 Å². The number of carbonyl (C=O) groups excluding carboxylic acids is 1. The van der Waals surface area contributed by atoms with Crippen LogP contribution in [0, 0.1) is 13.8 Å². The number of rotatable bonds is 3. The number of nitrogens with zero attached hydrogens (tertiary/aromatic N) is 1. The normalized spacial score (nSPS) is 15.0. The Morgan fingerprint density at radius 1 is 1.27 bits per heavy atom. The van der Waals surface area contributed by atoms with E-state index in [4.69, 9.17) is 4.74 Å². The fraction of sp³-hybridized carbons (Fsp3) is 0.421. The van der Waals surface area contributed by atoms with Crippen molar-refractivity contribution in [3.05, 3.63) is 48.0 Å². The van der Waals surface area contributed by atoms with Crippen molar-refractivity contribution in [1.29, 1.82) is 0 Å². The number of ether oxygens (including phenoxy) is 1. The second kappa shape index (κ2) is 6.63. The molecule has 0 unspecified atom stereocenters. The molecule has 26 heavy (non-hydrogen) atoms. The van der Waals surface area contributed by atoms with Gasteiger partial charge in [-0.2, -0.15) is 0 Å². The van der Waals surface area contributed by atoms with Crippen LogP contribution in [0.15, 0.2) is 10.9 Å². The molecule has 0 radical (unpaired) electrons. The van der Waals surface area contributed by atoms with Gasteiger partial charge < -0.3 is 9.72 Å². The minimum atomic E-state index is -0.610. The highest BCUT2D eigenvalue weighted by atomic mass is 32.1. The van der Waals surface area contributed by atoms with Gasteiger partial charge in [-0.05, 0) is 63.6 Å². The third-order valence-corrected chi connectivity index (χ3v) is 7.24. The Bertz CT molecular complexity index is 1040. The van der Waals surface area contributed by atoms with Crippen LogP contribution in [0.2, 0.25) is 0 Å². The van der Waals surface area contributed by atoms with Gasteiger partial charge in [-0.15, -0.1) is 22.7 Å². The summed E-state index contributed by atoms with van der Waals surface area (Å²) in [4.78, 5) is 35.9. The first-order valence-electron chi connectivity index (χ1n) is 8.76. The summed E-state index contributed by atoms with van der Waals surface area (Å²) in [5.41, 5.74) is 2.05. The van der Waals surface area contributed by atoms with Crippen molar-refractivity contribution in [2.24, 2.45) is 0 Å². The molecule has 0 aromatic carbocycles. The molecule has 1 aliphatic rings. The smallest absolute Gasteiger partial charge is 0.349 e. The fourth-order valence-electron chi connectivity index (χ4n) is 3.33. The molecule has 5 nitrogen and oxygen atoms in total. The first-order valence-corrected chi connectivity index (χ1v) is 10.4. The van der Waals surface area contributed by atoms with E-state index in [-0.39, 0.29) is 11.5 Å². The van der Waals surface area contributed by atoms with Crippen LogP contribution in [-0.2, 0) is 17.6 Å². The van der Waals surface area contributed by atoms with Gasteiger partial charge in [-0.1, -0.05) is 0 Å². The zero-order chi connectivity index (χ0) is 18.4. The molecule has 0 aliphatic heterocycles. The number of fused-ring (bicyclic) bond motifs is 2. The van der Waals surface area contributed by atoms with E-state index in [9.17, 15) is 9.59 Å². The van der Waals surface area contributed by atoms with E-state index in [2.05, 4.69) is 9.97 Å². The van der Waals surface area contributed by atoms with Crippen molar-refractivity contribution in [2.75, 3.05) is 0 Å². The minimum absolute atomic E-state index is 0.179. The molecule has 3 aromatic heterocycles. The number of aromatic amines is 1. The molecule has 136 valence electrons. The molecule has 1 aliphatic carbocycles. The summed E-state index contributed by atoms with van der Waals surface area (Å²) >= 11 is 3.02. The number of hydrogen-bond acceptors (Lipinski definition) is 6. The number of nitrogens with one attached hydrogen (secondary N) is 1. The van der Waals surface area contributed by atoms with Crippen LogP contribution in [-0.4, -0.2) is 15.9 Å². The molecule has 1 atom stereocenters. The van der Waals surface area contributed by atoms with Crippen LogP contribution in [0.3, 0.4) is 0 Å². The highest BCUT2D eigenvalue weighted by Gasteiger charge is 2.22. The van der Waals surface area contributed by atoms with Crippen molar-refractivity contribution in [2.45, 2.75) is 52.6 Å². The van der Waals surface area contributed by atoms with E-state index < -0.39 is 6.10 Å². The molecule has 0 spiro atoms. The second-order valence-corrected chi connectivity index (χ2v) is 9.07. The molecule has 1 N–H and O–H groups in total. The van der Waals surface area contributed by atoms with Gasteiger partial charge >= 0.3 is 5.97 Å². The van der Waals surface area contributed by atoms with Crippen LogP contribution in [0.5, 0.6) is 0 Å². The first kappa shape index (κ1) is 17.4. The Hall–Kier alpha value is -1.99. The van der Waals surface area contributed by atoms with Crippen LogP contribution in [0.25, 0.3) is 10.2 Å². The molecule has 0 bridgehead atoms. The minimum Gasteiger partial charge on any atom is -0.450 e. The Morgan fingerprint density at radius 3 is 2.81 bits per heavy atom. The van der Waals surface area contributed by atoms with E-state index in [0.717, 1.165) is 23.3 Å². The molecular formula is C19H20N2O3S2. The number of esters is 1. The van der Waals surface area contributed by atoms with E-state index in [1.54, 1.807) is 6.92 Å². The highest BCUT2D eigenvalue weighted by Crippen LogP contribution is 2.31. The maximum absolute atomic E-state index is 12.5. The summed E-state index contributed by atoms with van der Waals surface area (Å²) in [6, 6.07) is 1.96. The summed E-state index contributed by atoms with van der Waals surface area (Å²) in [6.07, 6.45) is 3.84. The number of carbonyl (C=O) groups is 1. The van der Waals surface area contributed by atoms with E-state index in [1.165, 1.54) is 46.0 Å². The first-order chi connectivity index (χ1) is 12.4. The number of aryl methyl sites for hydroxylation is 4. The molecule has 3 aromatic rings. The van der Waals surface area contributed by atoms with Crippen molar-refractivity contribution in [1.82, 2.24) is 9.97 Å². The van der Waals surface area contributed by atoms with Gasteiger partial charge in [-0.25, -0.2) is 9.78 Å². The quantitative estimate of drug-likeness (QED) is 0.673. The average Bonchev–Trinajstić information content (AvgIpc) is 3.16. The number of H-pyrrole nitrogens is 1. The van der Waals surface area contributed by atoms with Crippen molar-refractivity contribution in [3.8, 4) is 0 Å². The molecule has 4 rings (SSSR count). The topological polar surface area (TPSA) is 72.0 Å². The lowest BCUT2D eigenvalue weighted by molar-refractivity contribution is 0.0326. The van der Waals surface area contributed by atoms with Gasteiger partial charge in [-0.3, -0.25) is 4.79 Å². The van der Waals surface area contributed by atoms with Crippen molar-refractivity contribution < 1.29 is 9.53 Å². The summed E-state index contributed by atoms with van der Waals surface area (Å²) in [6.45, 7) is 5.64. The van der Waals surface area contributed by atoms with Crippen molar-refractivity contribution in [3.63, 3.8) is 0 Å². The molecular weight excluding hydrogens is 368 g/mol. The Morgan fingerprint density at radius 2 is 2.04 bits per heavy atom. The van der Waals surface area contributed by atoms with Gasteiger partial charge in [0.25, 0.3) is 5.56 Å². The van der Waals surface area contributed by atoms with Gasteiger partial charge in [0.15, 0.2) is 11.9 Å². The lowest BCUT2D eigenvalue weighted by atomic mass is 9.99. The Labute approximate surface area is 159 Å². The number of aromatic nitrogens is 2. The highest BCUT2D eigenvalue weighted by molar-refractivity contribution is 7.18. The van der Waals surface area contributed by atoms with Crippen LogP contribution < -0.4 is 5.56 Å². The van der Waals surface area contributed by atoms with Gasteiger partial charge in [0.05, 0.1) is 5.39 Å². The predicted octanol–water partition coefficient (Wildman–Crippen LogP) is 4.46. The Balaban J connectivity index is 1.59. The van der Waals surface area contributed by atoms with E-state index in [1.807, 2.05) is 19.9 Å². The summed E-state index contributed by atoms with van der Waals surface area (Å²) in [7, 11) is 0. The number of hydrogen-bond donors (Lipinski definition) is 1. The Kier molecular flexibility index (Phi) is 4.44. The molecule has 3 heterocycles. The van der Waals surface area contributed by atoms with Crippen LogP contribution >= 0.6 is 22.7 Å². The largest absolute Gasteiger partial charge is 0.450 e. The fourth-order valence-corrected chi connectivity index (χ4v) is 5.50. The van der Waals surface area contributed by atoms with Crippen molar-refractivity contribution >= 4 is 38.9 Å². The number of thiophene rings is 2. The van der Waals surface area contributed by atoms with Gasteiger partial charge in [0.1, 0.15) is 9.71 Å². The SMILES string of the molecule is Cc1sc2nc([C@H](C)OC(=O)c3cc4c(s3)CCCC4)[nH]c(=O)c2c1C. The summed E-state index contributed by atoms with van der Waals surface area (Å²) in [5.74, 6) is 0.0385. The lowest BCUT2D eigenvalue weighted by Crippen LogP contribution is -2.17. The van der Waals surface area contributed by atoms with Gasteiger partial charge in [0, 0.05) is 9.75 Å². The average molecular weight is 389 g/mol. The maximum Gasteiger partial charge on any atom is 0.349 e. The standard InChI is InChI=1S/C19H20N2O3S2/c1-9-11(3)25-18-15(9)17(22)20-16(21-18)10(2)24-19(23)14-8-12-6-4-5-7-13(12)26-14/h8,10H,4-7H2,1-3H3,(H,20,21,22)/t10-/m0/s1.